The van der Waals surface area contributed by atoms with Gasteiger partial charge in [0.15, 0.2) is 9.54 Å². The Morgan fingerprint density at radius 1 is 0.893 bits per heavy atom. The van der Waals surface area contributed by atoms with E-state index in [1.807, 2.05) is 18.2 Å². The van der Waals surface area contributed by atoms with E-state index in [4.69, 9.17) is 30.2 Å². The number of nitrogens with zero attached hydrogens (tertiary/aromatic N) is 1. The first-order chi connectivity index (χ1) is 12.8. The van der Waals surface area contributed by atoms with Crippen molar-refractivity contribution in [3.05, 3.63) is 56.1 Å². The summed E-state index contributed by atoms with van der Waals surface area (Å²) < 4.78 is 1.10. The fourth-order valence-corrected chi connectivity index (χ4v) is 2.62. The van der Waals surface area contributed by atoms with Gasteiger partial charge in [0.05, 0.1) is 27.0 Å². The van der Waals surface area contributed by atoms with Crippen LogP contribution in [0.4, 0.5) is 11.4 Å². The SMILES string of the molecule is Nc1ccc2[nH]c(=S)[nH]c2c1.O=[N+]([O-])c1ccc2[nH]c(=S)[nH]c2c1.[I][V][I].[V]. The number of hydrogen-bond acceptors (Lipinski definition) is 5. The number of fused-ring (bicyclic) bond motifs is 2. The van der Waals surface area contributed by atoms with Crippen molar-refractivity contribution in [1.29, 1.82) is 0 Å². The van der Waals surface area contributed by atoms with Gasteiger partial charge in [0.1, 0.15) is 0 Å². The normalized spacial score (nSPS) is 9.50. The van der Waals surface area contributed by atoms with Gasteiger partial charge in [0.2, 0.25) is 0 Å². The van der Waals surface area contributed by atoms with Gasteiger partial charge >= 0.3 is 49.4 Å². The quantitative estimate of drug-likeness (QED) is 0.0567. The van der Waals surface area contributed by atoms with Crippen molar-refractivity contribution < 1.29 is 32.9 Å². The van der Waals surface area contributed by atoms with E-state index in [1.54, 1.807) is 6.07 Å². The van der Waals surface area contributed by atoms with Gasteiger partial charge in [-0.2, -0.15) is 0 Å². The third kappa shape index (κ3) is 7.48. The predicted molar refractivity (Wildman–Crippen MR) is 126 cm³/mol. The molecule has 0 saturated heterocycles. The fourth-order valence-electron chi connectivity index (χ4n) is 2.18. The van der Waals surface area contributed by atoms with E-state index in [1.165, 1.54) is 12.1 Å². The van der Waals surface area contributed by atoms with Crippen LogP contribution in [0.5, 0.6) is 0 Å². The number of halogens is 2. The number of benzene rings is 2. The molecule has 0 spiro atoms. The van der Waals surface area contributed by atoms with Gasteiger partial charge < -0.3 is 25.7 Å². The molecule has 0 amide bonds. The largest absolute Gasteiger partial charge is 0 e. The predicted octanol–water partition coefficient (Wildman–Crippen LogP) is 5.71. The monoisotopic (exact) mass is 716 g/mol. The average molecular weight is 716 g/mol. The van der Waals surface area contributed by atoms with Crippen LogP contribution in [0.2, 0.25) is 0 Å². The van der Waals surface area contributed by atoms with Crippen molar-refractivity contribution in [3.63, 3.8) is 0 Å². The summed E-state index contributed by atoms with van der Waals surface area (Å²) in [5.41, 5.74) is 9.73. The standard InChI is InChI=1S/C7H5N3O2S.C7H7N3S.2HI.2V/c11-10(12)4-1-2-5-6(3-4)9-7(13)8-5;8-4-1-2-5-6(3-4)10-7(11)9-5;;;;/h1-3H,(H2,8,9,13);1-3H,8H2,(H2,9,10,11);2*1H;;/q;;;;;+2/p-2. The second-order valence-electron chi connectivity index (χ2n) is 5.01. The second-order valence-corrected chi connectivity index (χ2v) is 17.6. The maximum atomic E-state index is 10.4. The molecule has 146 valence electrons. The zero-order valence-corrected chi connectivity index (χ0v) is 22.5. The van der Waals surface area contributed by atoms with Gasteiger partial charge in [-0.25, -0.2) is 0 Å². The van der Waals surface area contributed by atoms with E-state index in [9.17, 15) is 10.1 Å². The van der Waals surface area contributed by atoms with E-state index >= 15 is 0 Å². The van der Waals surface area contributed by atoms with E-state index in [2.05, 4.69) is 59.9 Å². The third-order valence-corrected chi connectivity index (χ3v) is 3.66. The number of nitro groups is 1. The topological polar surface area (TPSA) is 132 Å². The van der Waals surface area contributed by atoms with Gasteiger partial charge in [0.25, 0.3) is 5.69 Å². The molecule has 14 heteroatoms. The van der Waals surface area contributed by atoms with Gasteiger partial charge in [-0.15, -0.1) is 0 Å². The van der Waals surface area contributed by atoms with Gasteiger partial charge in [-0.3, -0.25) is 10.1 Å². The maximum absolute atomic E-state index is 10.4. The Morgan fingerprint density at radius 2 is 1.32 bits per heavy atom. The number of H-pyrrole nitrogens is 4. The molecule has 4 aromatic rings. The number of nitrogens with one attached hydrogen (secondary N) is 4. The number of non-ortho nitro benzene ring substituents is 1. The summed E-state index contributed by atoms with van der Waals surface area (Å²) in [6, 6.07) is 10.1. The number of rotatable bonds is 1. The van der Waals surface area contributed by atoms with Crippen LogP contribution in [0.3, 0.4) is 0 Å². The number of hydrogen-bond donors (Lipinski definition) is 5. The summed E-state index contributed by atoms with van der Waals surface area (Å²) in [5, 5.41) is 10.4. The molecule has 0 fully saturated rings. The molecule has 6 N–H and O–H groups in total. The summed E-state index contributed by atoms with van der Waals surface area (Å²) in [5.74, 6) is 0. The molecule has 2 aromatic heterocycles. The van der Waals surface area contributed by atoms with Crippen molar-refractivity contribution in [3.8, 4) is 0 Å². The fraction of sp³-hybridized carbons (Fsp3) is 0. The summed E-state index contributed by atoms with van der Waals surface area (Å²) in [6.07, 6.45) is 0. The van der Waals surface area contributed by atoms with Crippen molar-refractivity contribution in [2.24, 2.45) is 0 Å². The van der Waals surface area contributed by atoms with Crippen LogP contribution < -0.4 is 5.73 Å². The Morgan fingerprint density at radius 3 is 1.82 bits per heavy atom. The smallest absolute Gasteiger partial charge is 0 e. The van der Waals surface area contributed by atoms with E-state index in [-0.39, 0.29) is 24.2 Å². The zero-order chi connectivity index (χ0) is 20.0. The molecule has 0 bridgehead atoms. The molecule has 2 heterocycles. The number of anilines is 1. The zero-order valence-electron chi connectivity index (χ0n) is 13.8. The molecule has 0 aliphatic heterocycles. The Balaban J connectivity index is 0.000000241. The second kappa shape index (κ2) is 12.4. The number of nitrogen functional groups attached to an aromatic ring is 1. The molecule has 0 saturated carbocycles. The molecular formula is C14H12I2N6O2S2V2. The molecule has 0 atom stereocenters. The average Bonchev–Trinajstić information content (AvgIpc) is 3.15. The van der Waals surface area contributed by atoms with Gasteiger partial charge in [-0.1, -0.05) is 0 Å². The minimum atomic E-state index is -0.441. The number of aromatic nitrogens is 4. The van der Waals surface area contributed by atoms with Crippen molar-refractivity contribution in [1.82, 2.24) is 19.9 Å². The molecule has 2 aromatic carbocycles. The molecule has 28 heavy (non-hydrogen) atoms. The summed E-state index contributed by atoms with van der Waals surface area (Å²) >= 11 is 14.5. The Labute approximate surface area is 210 Å². The number of nitrogens with two attached hydrogens (primary N) is 1. The van der Waals surface area contributed by atoms with Crippen LogP contribution in [-0.2, 0) is 28.0 Å². The van der Waals surface area contributed by atoms with Crippen molar-refractivity contribution in [2.75, 3.05) is 5.73 Å². The van der Waals surface area contributed by atoms with Crippen LogP contribution in [0.25, 0.3) is 22.1 Å². The Hall–Kier alpha value is -0.351. The Bertz CT molecular complexity index is 1190. The summed E-state index contributed by atoms with van der Waals surface area (Å²) in [7, 11) is 0.628. The van der Waals surface area contributed by atoms with Crippen molar-refractivity contribution >= 4 is 97.8 Å². The molecule has 4 rings (SSSR count). The van der Waals surface area contributed by atoms with Crippen LogP contribution in [0.1, 0.15) is 0 Å². The van der Waals surface area contributed by atoms with Gasteiger partial charge in [0, 0.05) is 36.4 Å². The summed E-state index contributed by atoms with van der Waals surface area (Å²) in [6.45, 7) is 0. The van der Waals surface area contributed by atoms with Crippen molar-refractivity contribution in [2.45, 2.75) is 0 Å². The molecule has 0 unspecified atom stereocenters. The van der Waals surface area contributed by atoms with Crippen LogP contribution in [-0.4, -0.2) is 24.9 Å². The molecule has 0 aliphatic rings. The van der Waals surface area contributed by atoms with E-state index < -0.39 is 4.92 Å². The molecule has 8 nitrogen and oxygen atoms in total. The first kappa shape index (κ1) is 25.7. The molecule has 0 aliphatic carbocycles. The maximum Gasteiger partial charge on any atom is 0 e. The van der Waals surface area contributed by atoms with E-state index in [0.717, 1.165) is 22.2 Å². The number of aromatic amines is 4. The van der Waals surface area contributed by atoms with Crippen LogP contribution >= 0.6 is 64.4 Å². The summed E-state index contributed by atoms with van der Waals surface area (Å²) in [4.78, 5) is 21.6. The van der Waals surface area contributed by atoms with Crippen LogP contribution in [0, 0.1) is 19.7 Å². The first-order valence-electron chi connectivity index (χ1n) is 7.10. The van der Waals surface area contributed by atoms with Gasteiger partial charge in [-0.05, 0) is 48.7 Å². The van der Waals surface area contributed by atoms with E-state index in [0.29, 0.717) is 24.5 Å². The molecule has 1 radical (unpaired) electrons. The molecular weight excluding hydrogens is 704 g/mol. The Kier molecular flexibility index (Phi) is 11.3. The minimum Gasteiger partial charge on any atom is 0 e. The number of imidazole rings is 2. The third-order valence-electron chi connectivity index (χ3n) is 3.25. The number of nitro benzene ring substituents is 1. The van der Waals surface area contributed by atoms with Crippen LogP contribution in [0.15, 0.2) is 36.4 Å². The minimum absolute atomic E-state index is 0. The first-order valence-corrected chi connectivity index (χ1v) is 16.9.